The summed E-state index contributed by atoms with van der Waals surface area (Å²) in [5.74, 6) is -0.0673. The number of aliphatic hydroxyl groups is 2. The maximum Gasteiger partial charge on any atom is 0.303 e. The number of hydrogen-bond donors (Lipinski definition) is 4. The Labute approximate surface area is 196 Å². The zero-order valence-corrected chi connectivity index (χ0v) is 19.0. The minimum absolute atomic E-state index is 0.0249. The molecule has 0 aromatic heterocycles. The smallest absolute Gasteiger partial charge is 0.303 e. The lowest BCUT2D eigenvalue weighted by Gasteiger charge is -2.36. The number of carboxylic acid groups (broad SMARTS) is 1. The summed E-state index contributed by atoms with van der Waals surface area (Å²) in [5, 5.41) is 29.9. The lowest BCUT2D eigenvalue weighted by molar-refractivity contribution is -0.245. The van der Waals surface area contributed by atoms with Crippen LogP contribution in [0.5, 0.6) is 0 Å². The molecule has 1 saturated heterocycles. The van der Waals surface area contributed by atoms with Crippen molar-refractivity contribution in [3.8, 4) is 0 Å². The van der Waals surface area contributed by atoms with E-state index in [1.807, 2.05) is 30.3 Å². The van der Waals surface area contributed by atoms with Gasteiger partial charge in [0.1, 0.15) is 0 Å². The molecule has 0 aliphatic carbocycles. The molecule has 0 unspecified atom stereocenters. The Morgan fingerprint density at radius 1 is 1.03 bits per heavy atom. The summed E-state index contributed by atoms with van der Waals surface area (Å²) in [6, 6.07) is 14.7. The molecule has 1 aliphatic heterocycles. The number of carbonyl (C=O) groups excluding carboxylic acids is 1. The largest absolute Gasteiger partial charge is 0.481 e. The predicted molar refractivity (Wildman–Crippen MR) is 125 cm³/mol. The van der Waals surface area contributed by atoms with Crippen molar-refractivity contribution in [3.05, 3.63) is 65.2 Å². The van der Waals surface area contributed by atoms with E-state index in [-0.39, 0.29) is 44.2 Å². The third-order valence-corrected chi connectivity index (χ3v) is 6.24. The molecule has 2 aromatic rings. The Balaban J connectivity index is 1.74. The highest BCUT2D eigenvalue weighted by molar-refractivity contribution is 7.99. The topological polar surface area (TPSA) is 125 Å². The van der Waals surface area contributed by atoms with Crippen LogP contribution < -0.4 is 5.32 Å². The first-order valence-corrected chi connectivity index (χ1v) is 11.9. The van der Waals surface area contributed by atoms with Crippen LogP contribution in [0.2, 0.25) is 0 Å². The van der Waals surface area contributed by atoms with Crippen molar-refractivity contribution in [2.24, 2.45) is 0 Å². The van der Waals surface area contributed by atoms with Crippen molar-refractivity contribution in [2.45, 2.75) is 44.4 Å². The van der Waals surface area contributed by atoms with Crippen LogP contribution in [0.15, 0.2) is 48.5 Å². The Kier molecular flexibility index (Phi) is 9.71. The average Bonchev–Trinajstić information content (AvgIpc) is 2.83. The molecule has 3 rings (SSSR count). The molecule has 4 N–H and O–H groups in total. The van der Waals surface area contributed by atoms with Crippen LogP contribution in [0, 0.1) is 0 Å². The van der Waals surface area contributed by atoms with Crippen LogP contribution in [-0.2, 0) is 25.7 Å². The van der Waals surface area contributed by atoms with Crippen LogP contribution >= 0.6 is 11.8 Å². The fourth-order valence-electron chi connectivity index (χ4n) is 3.51. The maximum absolute atomic E-state index is 12.0. The molecule has 9 heteroatoms. The van der Waals surface area contributed by atoms with Gasteiger partial charge in [0.2, 0.25) is 5.91 Å². The van der Waals surface area contributed by atoms with E-state index in [1.165, 1.54) is 0 Å². The Morgan fingerprint density at radius 2 is 1.82 bits per heavy atom. The van der Waals surface area contributed by atoms with Gasteiger partial charge in [-0.2, -0.15) is 11.8 Å². The van der Waals surface area contributed by atoms with Crippen molar-refractivity contribution < 1.29 is 34.4 Å². The highest BCUT2D eigenvalue weighted by atomic mass is 32.2. The summed E-state index contributed by atoms with van der Waals surface area (Å²) in [5.41, 5.74) is 3.08. The second-order valence-electron chi connectivity index (χ2n) is 7.72. The van der Waals surface area contributed by atoms with E-state index < -0.39 is 12.3 Å². The van der Waals surface area contributed by atoms with Crippen molar-refractivity contribution >= 4 is 29.3 Å². The summed E-state index contributed by atoms with van der Waals surface area (Å²) in [4.78, 5) is 22.7. The van der Waals surface area contributed by atoms with Crippen LogP contribution in [0.25, 0.3) is 0 Å². The highest BCUT2D eigenvalue weighted by Crippen LogP contribution is 2.39. The van der Waals surface area contributed by atoms with E-state index in [9.17, 15) is 14.7 Å². The fraction of sp³-hybridized carbons (Fsp3) is 0.417. The normalized spacial score (nSPS) is 20.4. The highest BCUT2D eigenvalue weighted by Gasteiger charge is 2.32. The zero-order chi connectivity index (χ0) is 23.6. The molecule has 8 nitrogen and oxygen atoms in total. The summed E-state index contributed by atoms with van der Waals surface area (Å²) in [7, 11) is 0. The number of hydrogen-bond acceptors (Lipinski definition) is 7. The summed E-state index contributed by atoms with van der Waals surface area (Å²) < 4.78 is 12.5. The van der Waals surface area contributed by atoms with E-state index in [1.54, 1.807) is 30.0 Å². The molecular formula is C24H29NO7S. The van der Waals surface area contributed by atoms with Gasteiger partial charge in [0.15, 0.2) is 6.29 Å². The molecule has 0 saturated carbocycles. The SMILES string of the molecule is O=C(O)CCC(=O)Nc1cccc([C@H]2O[C@@H](CSCCO)C[C@@H](c3ccc(CO)cc3)O2)c1. The number of carboxylic acids is 1. The van der Waals surface area contributed by atoms with Gasteiger partial charge in [0.05, 0.1) is 31.8 Å². The Hall–Kier alpha value is -2.43. The number of nitrogens with one attached hydrogen (secondary N) is 1. The van der Waals surface area contributed by atoms with Gasteiger partial charge >= 0.3 is 5.97 Å². The number of thioether (sulfide) groups is 1. The number of benzene rings is 2. The first-order valence-electron chi connectivity index (χ1n) is 10.8. The third-order valence-electron chi connectivity index (χ3n) is 5.16. The quantitative estimate of drug-likeness (QED) is 0.365. The standard InChI is InChI=1S/C24H29NO7S/c26-10-11-33-15-20-13-21(17-6-4-16(14-27)5-7-17)32-24(31-20)18-2-1-3-19(12-18)25-22(28)8-9-23(29)30/h1-7,12,20-21,24,26-27H,8-11,13-15H2,(H,25,28)(H,29,30)/t20-,21+,24+/m1/s1. The van der Waals surface area contributed by atoms with Gasteiger partial charge in [-0.25, -0.2) is 0 Å². The molecule has 0 spiro atoms. The Bertz CT molecular complexity index is 921. The zero-order valence-electron chi connectivity index (χ0n) is 18.2. The second kappa shape index (κ2) is 12.7. The first kappa shape index (κ1) is 25.2. The minimum atomic E-state index is -1.02. The van der Waals surface area contributed by atoms with Crippen LogP contribution in [0.4, 0.5) is 5.69 Å². The van der Waals surface area contributed by atoms with Crippen LogP contribution in [0.1, 0.15) is 48.3 Å². The number of aliphatic carboxylic acids is 1. The number of carbonyl (C=O) groups is 2. The number of amides is 1. The molecule has 1 heterocycles. The average molecular weight is 476 g/mol. The first-order chi connectivity index (χ1) is 16.0. The third kappa shape index (κ3) is 7.83. The number of anilines is 1. The molecule has 178 valence electrons. The minimum Gasteiger partial charge on any atom is -0.481 e. The van der Waals surface area contributed by atoms with E-state index in [2.05, 4.69) is 5.32 Å². The summed E-state index contributed by atoms with van der Waals surface area (Å²) >= 11 is 1.61. The molecule has 3 atom stereocenters. The molecule has 0 radical (unpaired) electrons. The summed E-state index contributed by atoms with van der Waals surface area (Å²) in [6.45, 7) is 0.0793. The maximum atomic E-state index is 12.0. The molecule has 1 amide bonds. The summed E-state index contributed by atoms with van der Waals surface area (Å²) in [6.07, 6.45) is -0.659. The van der Waals surface area contributed by atoms with Gasteiger partial charge in [-0.05, 0) is 23.3 Å². The molecule has 0 bridgehead atoms. The predicted octanol–water partition coefficient (Wildman–Crippen LogP) is 3.25. The van der Waals surface area contributed by atoms with Gasteiger partial charge < -0.3 is 30.1 Å². The molecule has 1 aliphatic rings. The van der Waals surface area contributed by atoms with Crippen molar-refractivity contribution in [3.63, 3.8) is 0 Å². The van der Waals surface area contributed by atoms with Crippen molar-refractivity contribution in [1.82, 2.24) is 0 Å². The van der Waals surface area contributed by atoms with E-state index in [4.69, 9.17) is 19.7 Å². The van der Waals surface area contributed by atoms with Gasteiger partial charge in [0, 0.05) is 35.6 Å². The van der Waals surface area contributed by atoms with Gasteiger partial charge in [-0.3, -0.25) is 9.59 Å². The van der Waals surface area contributed by atoms with Crippen LogP contribution in [0.3, 0.4) is 0 Å². The van der Waals surface area contributed by atoms with Gasteiger partial charge in [-0.15, -0.1) is 0 Å². The van der Waals surface area contributed by atoms with Gasteiger partial charge in [-0.1, -0.05) is 36.4 Å². The monoisotopic (exact) mass is 475 g/mol. The van der Waals surface area contributed by atoms with Crippen LogP contribution in [-0.4, -0.2) is 51.4 Å². The molecular weight excluding hydrogens is 446 g/mol. The van der Waals surface area contributed by atoms with E-state index >= 15 is 0 Å². The van der Waals surface area contributed by atoms with Crippen molar-refractivity contribution in [2.75, 3.05) is 23.4 Å². The lowest BCUT2D eigenvalue weighted by Crippen LogP contribution is -2.31. The lowest BCUT2D eigenvalue weighted by atomic mass is 10.0. The number of aliphatic hydroxyl groups excluding tert-OH is 2. The molecule has 1 fully saturated rings. The number of ether oxygens (including phenoxy) is 2. The van der Waals surface area contributed by atoms with Crippen molar-refractivity contribution in [1.29, 1.82) is 0 Å². The van der Waals surface area contributed by atoms with Gasteiger partial charge in [0.25, 0.3) is 0 Å². The number of rotatable bonds is 11. The second-order valence-corrected chi connectivity index (χ2v) is 8.87. The van der Waals surface area contributed by atoms with E-state index in [0.29, 0.717) is 23.6 Å². The fourth-order valence-corrected chi connectivity index (χ4v) is 4.28. The molecule has 2 aromatic carbocycles. The Morgan fingerprint density at radius 3 is 2.52 bits per heavy atom. The molecule has 33 heavy (non-hydrogen) atoms. The van der Waals surface area contributed by atoms with E-state index in [0.717, 1.165) is 16.7 Å².